The molecule has 0 unspecified atom stereocenters. The van der Waals surface area contributed by atoms with Crippen LogP contribution in [-0.2, 0) is 19.4 Å². The van der Waals surface area contributed by atoms with Crippen LogP contribution in [0.15, 0.2) is 18.2 Å². The van der Waals surface area contributed by atoms with Crippen molar-refractivity contribution in [3.63, 3.8) is 0 Å². The molecule has 4 nitrogen and oxygen atoms in total. The lowest BCUT2D eigenvalue weighted by molar-refractivity contribution is 0.0965. The van der Waals surface area contributed by atoms with Crippen molar-refractivity contribution in [3.05, 3.63) is 47.0 Å². The SMILES string of the molecule is CCc1nc(CC)n(CC(=O)c2ccc(F)c(F)c2)n1. The number of nitrogens with zero attached hydrogens (tertiary/aromatic N) is 3. The second-order valence-corrected chi connectivity index (χ2v) is 4.36. The Morgan fingerprint density at radius 2 is 1.95 bits per heavy atom. The van der Waals surface area contributed by atoms with E-state index in [2.05, 4.69) is 10.1 Å². The lowest BCUT2D eigenvalue weighted by Crippen LogP contribution is -2.14. The molecule has 6 heteroatoms. The third kappa shape index (κ3) is 2.89. The second-order valence-electron chi connectivity index (χ2n) is 4.36. The minimum atomic E-state index is -1.03. The topological polar surface area (TPSA) is 47.8 Å². The summed E-state index contributed by atoms with van der Waals surface area (Å²) in [5.41, 5.74) is 0.125. The van der Waals surface area contributed by atoms with Crippen molar-refractivity contribution in [3.8, 4) is 0 Å². The summed E-state index contributed by atoms with van der Waals surface area (Å²) in [6.45, 7) is 3.82. The summed E-state index contributed by atoms with van der Waals surface area (Å²) >= 11 is 0. The lowest BCUT2D eigenvalue weighted by atomic mass is 10.1. The molecule has 2 rings (SSSR count). The highest BCUT2D eigenvalue weighted by molar-refractivity contribution is 5.95. The van der Waals surface area contributed by atoms with E-state index in [9.17, 15) is 13.6 Å². The first-order chi connectivity index (χ1) is 9.55. The van der Waals surface area contributed by atoms with Gasteiger partial charge in [0, 0.05) is 18.4 Å². The predicted octanol–water partition coefficient (Wildman–Crippen LogP) is 2.56. The Balaban J connectivity index is 2.22. The van der Waals surface area contributed by atoms with E-state index in [1.54, 1.807) is 0 Å². The van der Waals surface area contributed by atoms with Crippen molar-refractivity contribution in [2.45, 2.75) is 33.2 Å². The molecule has 0 fully saturated rings. The molecule has 0 spiro atoms. The van der Waals surface area contributed by atoms with Crippen molar-refractivity contribution in [1.29, 1.82) is 0 Å². The minimum absolute atomic E-state index is 0.0265. The number of benzene rings is 1. The van der Waals surface area contributed by atoms with Gasteiger partial charge in [0.25, 0.3) is 0 Å². The summed E-state index contributed by atoms with van der Waals surface area (Å²) in [6.07, 6.45) is 1.33. The van der Waals surface area contributed by atoms with Crippen LogP contribution < -0.4 is 0 Å². The summed E-state index contributed by atoms with van der Waals surface area (Å²) in [6, 6.07) is 3.12. The van der Waals surface area contributed by atoms with E-state index in [0.29, 0.717) is 24.5 Å². The Morgan fingerprint density at radius 1 is 1.20 bits per heavy atom. The van der Waals surface area contributed by atoms with Crippen LogP contribution in [-0.4, -0.2) is 20.5 Å². The first kappa shape index (κ1) is 14.3. The normalized spacial score (nSPS) is 10.8. The van der Waals surface area contributed by atoms with Gasteiger partial charge in [0.2, 0.25) is 0 Å². The van der Waals surface area contributed by atoms with E-state index < -0.39 is 11.6 Å². The molecule has 0 aliphatic carbocycles. The number of hydrogen-bond acceptors (Lipinski definition) is 3. The fourth-order valence-corrected chi connectivity index (χ4v) is 1.86. The van der Waals surface area contributed by atoms with Gasteiger partial charge in [0.05, 0.1) is 0 Å². The summed E-state index contributed by atoms with van der Waals surface area (Å²) in [5, 5.41) is 4.22. The molecule has 1 aromatic heterocycles. The number of aryl methyl sites for hydroxylation is 2. The third-order valence-corrected chi connectivity index (χ3v) is 2.96. The number of aromatic nitrogens is 3. The smallest absolute Gasteiger partial charge is 0.184 e. The quantitative estimate of drug-likeness (QED) is 0.790. The van der Waals surface area contributed by atoms with Crippen LogP contribution in [0.3, 0.4) is 0 Å². The highest BCUT2D eigenvalue weighted by Crippen LogP contribution is 2.11. The van der Waals surface area contributed by atoms with E-state index in [1.165, 1.54) is 10.7 Å². The van der Waals surface area contributed by atoms with E-state index in [-0.39, 0.29) is 17.9 Å². The first-order valence-corrected chi connectivity index (χ1v) is 6.46. The molecule has 0 radical (unpaired) electrons. The molecular formula is C14H15F2N3O. The fourth-order valence-electron chi connectivity index (χ4n) is 1.86. The Hall–Kier alpha value is -2.11. The molecule has 1 heterocycles. The van der Waals surface area contributed by atoms with Crippen LogP contribution in [0, 0.1) is 11.6 Å². The molecule has 0 N–H and O–H groups in total. The van der Waals surface area contributed by atoms with E-state index in [0.717, 1.165) is 12.1 Å². The summed E-state index contributed by atoms with van der Waals surface area (Å²) < 4.78 is 27.5. The monoisotopic (exact) mass is 279 g/mol. The van der Waals surface area contributed by atoms with Crippen LogP contribution in [0.5, 0.6) is 0 Å². The van der Waals surface area contributed by atoms with Gasteiger partial charge in [-0.15, -0.1) is 0 Å². The zero-order valence-corrected chi connectivity index (χ0v) is 11.4. The number of carbonyl (C=O) groups is 1. The van der Waals surface area contributed by atoms with Gasteiger partial charge in [-0.05, 0) is 18.2 Å². The summed E-state index contributed by atoms with van der Waals surface area (Å²) in [5.74, 6) is -0.951. The molecule has 0 bridgehead atoms. The maximum Gasteiger partial charge on any atom is 0.184 e. The van der Waals surface area contributed by atoms with Gasteiger partial charge in [-0.25, -0.2) is 18.4 Å². The molecule has 2 aromatic rings. The number of hydrogen-bond donors (Lipinski definition) is 0. The van der Waals surface area contributed by atoms with Gasteiger partial charge in [-0.1, -0.05) is 13.8 Å². The van der Waals surface area contributed by atoms with E-state index >= 15 is 0 Å². The predicted molar refractivity (Wildman–Crippen MR) is 69.5 cm³/mol. The Bertz CT molecular complexity index is 637. The summed E-state index contributed by atoms with van der Waals surface area (Å²) in [7, 11) is 0. The van der Waals surface area contributed by atoms with Gasteiger partial charge < -0.3 is 0 Å². The van der Waals surface area contributed by atoms with Gasteiger partial charge in [0.1, 0.15) is 12.4 Å². The van der Waals surface area contributed by atoms with Crippen LogP contribution >= 0.6 is 0 Å². The third-order valence-electron chi connectivity index (χ3n) is 2.96. The Morgan fingerprint density at radius 3 is 2.55 bits per heavy atom. The molecule has 0 saturated heterocycles. The molecule has 0 atom stereocenters. The second kappa shape index (κ2) is 5.90. The zero-order valence-electron chi connectivity index (χ0n) is 11.4. The van der Waals surface area contributed by atoms with Crippen molar-refractivity contribution in [2.75, 3.05) is 0 Å². The molecule has 20 heavy (non-hydrogen) atoms. The van der Waals surface area contributed by atoms with Gasteiger partial charge in [-0.2, -0.15) is 5.10 Å². The molecule has 0 aliphatic rings. The standard InChI is InChI=1S/C14H15F2N3O/c1-3-13-17-14(4-2)19(18-13)8-12(20)9-5-6-10(15)11(16)7-9/h5-7H,3-4,8H2,1-2H3. The number of ketones is 1. The summed E-state index contributed by atoms with van der Waals surface area (Å²) in [4.78, 5) is 16.4. The maximum absolute atomic E-state index is 13.1. The largest absolute Gasteiger partial charge is 0.292 e. The Labute approximate surface area is 115 Å². The molecule has 106 valence electrons. The fraction of sp³-hybridized carbons (Fsp3) is 0.357. The van der Waals surface area contributed by atoms with Crippen molar-refractivity contribution < 1.29 is 13.6 Å². The molecule has 1 aromatic carbocycles. The molecule has 0 amide bonds. The lowest BCUT2D eigenvalue weighted by Gasteiger charge is -2.04. The average Bonchev–Trinajstić information content (AvgIpc) is 2.84. The van der Waals surface area contributed by atoms with Crippen molar-refractivity contribution in [2.24, 2.45) is 0 Å². The van der Waals surface area contributed by atoms with Crippen LogP contribution in [0.2, 0.25) is 0 Å². The van der Waals surface area contributed by atoms with E-state index in [4.69, 9.17) is 0 Å². The first-order valence-electron chi connectivity index (χ1n) is 6.46. The molecular weight excluding hydrogens is 264 g/mol. The highest BCUT2D eigenvalue weighted by atomic mass is 19.2. The van der Waals surface area contributed by atoms with Gasteiger partial charge in [0.15, 0.2) is 23.2 Å². The van der Waals surface area contributed by atoms with Crippen LogP contribution in [0.4, 0.5) is 8.78 Å². The van der Waals surface area contributed by atoms with Crippen LogP contribution in [0.25, 0.3) is 0 Å². The van der Waals surface area contributed by atoms with Crippen LogP contribution in [0.1, 0.15) is 35.9 Å². The molecule has 0 aliphatic heterocycles. The van der Waals surface area contributed by atoms with Gasteiger partial charge in [-0.3, -0.25) is 4.79 Å². The van der Waals surface area contributed by atoms with Crippen molar-refractivity contribution in [1.82, 2.24) is 14.8 Å². The maximum atomic E-state index is 13.1. The number of rotatable bonds is 5. The Kier molecular flexibility index (Phi) is 4.22. The minimum Gasteiger partial charge on any atom is -0.292 e. The number of halogens is 2. The zero-order chi connectivity index (χ0) is 14.7. The van der Waals surface area contributed by atoms with Crippen molar-refractivity contribution >= 4 is 5.78 Å². The van der Waals surface area contributed by atoms with E-state index in [1.807, 2.05) is 13.8 Å². The number of Topliss-reactive ketones (excluding diaryl/α,β-unsaturated/α-hetero) is 1. The molecule has 0 saturated carbocycles. The average molecular weight is 279 g/mol. The number of carbonyl (C=O) groups excluding carboxylic acids is 1. The van der Waals surface area contributed by atoms with Gasteiger partial charge >= 0.3 is 0 Å². The highest BCUT2D eigenvalue weighted by Gasteiger charge is 2.14.